The predicted molar refractivity (Wildman–Crippen MR) is 337 cm³/mol. The second-order valence-corrected chi connectivity index (χ2v) is 23.1. The van der Waals surface area contributed by atoms with E-state index in [-0.39, 0.29) is 0 Å². The molecule has 5 aromatic heterocycles. The molecule has 0 atom stereocenters. The first-order valence-electron chi connectivity index (χ1n) is 25.7. The molecule has 13 heteroatoms. The maximum atomic E-state index is 6.10. The van der Waals surface area contributed by atoms with Gasteiger partial charge in [0.05, 0.1) is 30.6 Å². The predicted octanol–water partition coefficient (Wildman–Crippen LogP) is 19.9. The zero-order valence-electron chi connectivity index (χ0n) is 43.1. The van der Waals surface area contributed by atoms with E-state index in [0.29, 0.717) is 11.8 Å². The van der Waals surface area contributed by atoms with E-state index in [0.717, 1.165) is 109 Å². The van der Waals surface area contributed by atoms with Crippen LogP contribution in [0.3, 0.4) is 0 Å². The van der Waals surface area contributed by atoms with E-state index in [1.807, 2.05) is 104 Å². The maximum Gasteiger partial charge on any atom is 0.227 e. The molecule has 0 saturated carbocycles. The lowest BCUT2D eigenvalue weighted by atomic mass is 10.1. The monoisotopic (exact) mass is 1160 g/mol. The number of hydrogen-bond acceptors (Lipinski definition) is 12. The number of aromatic nitrogens is 5. The van der Waals surface area contributed by atoms with Crippen molar-refractivity contribution in [3.05, 3.63) is 246 Å². The van der Waals surface area contributed by atoms with Crippen LogP contribution in [0.15, 0.2) is 244 Å². The van der Waals surface area contributed by atoms with E-state index < -0.39 is 0 Å². The third-order valence-electron chi connectivity index (χ3n) is 13.3. The Morgan fingerprint density at radius 3 is 1.07 bits per heavy atom. The van der Waals surface area contributed by atoms with Gasteiger partial charge in [-0.1, -0.05) is 76.6 Å². The number of oxazole rings is 2. The second-order valence-electron chi connectivity index (χ2n) is 19.0. The molecule has 80 heavy (non-hydrogen) atoms. The Bertz CT molecular complexity index is 4430. The number of nitrogens with zero attached hydrogens (tertiary/aromatic N) is 6. The number of anilines is 4. The number of benzene rings is 10. The molecule has 2 N–H and O–H groups in total. The number of para-hydroxylation sites is 3. The van der Waals surface area contributed by atoms with Crippen molar-refractivity contribution in [1.82, 2.24) is 24.9 Å². The lowest BCUT2D eigenvalue weighted by Gasteiger charge is -2.26. The summed E-state index contributed by atoms with van der Waals surface area (Å²) in [5.41, 5.74) is 23.6. The van der Waals surface area contributed by atoms with E-state index in [1.54, 1.807) is 34.0 Å². The lowest BCUT2D eigenvalue weighted by Crippen LogP contribution is -2.09. The summed E-state index contributed by atoms with van der Waals surface area (Å²) in [5, 5.41) is 3.11. The molecule has 0 bridgehead atoms. The summed E-state index contributed by atoms with van der Waals surface area (Å²) >= 11 is 8.60. The minimum Gasteiger partial charge on any atom is -0.436 e. The number of rotatable bonds is 8. The number of aryl methyl sites for hydroxylation is 2. The van der Waals surface area contributed by atoms with Gasteiger partial charge in [0.2, 0.25) is 11.8 Å². The number of nitrogen functional groups attached to an aromatic ring is 1. The maximum absolute atomic E-state index is 6.10. The van der Waals surface area contributed by atoms with Crippen molar-refractivity contribution in [1.29, 1.82) is 0 Å². The molecule has 0 aliphatic heterocycles. The van der Waals surface area contributed by atoms with Gasteiger partial charge in [-0.05, 0) is 195 Å². The van der Waals surface area contributed by atoms with Crippen LogP contribution < -0.4 is 10.6 Å². The summed E-state index contributed by atoms with van der Waals surface area (Å²) in [6.45, 7) is 4.10. The van der Waals surface area contributed by atoms with Crippen molar-refractivity contribution in [3.8, 4) is 54.6 Å². The number of thiazole rings is 3. The van der Waals surface area contributed by atoms with Gasteiger partial charge < -0.3 is 19.5 Å². The van der Waals surface area contributed by atoms with Crippen molar-refractivity contribution >= 4 is 126 Å². The third-order valence-corrected chi connectivity index (χ3v) is 17.1. The quantitative estimate of drug-likeness (QED) is 0.148. The molecule has 386 valence electrons. The standard InChI is InChI=1S/C40H26N4OS2.C14H12N2O.C13H8BrNS/c1-25-10-23-35-34(24-25)41-38(45-35)26-11-17-29(18-12-26)44(30-19-13-27(14-20-30)39-42-32-6-2-4-8-36(32)46-39)31-21-15-28(16-22-31)40-43-33-7-3-5-9-37(33)47-40;1-9-2-7-13-12(8-9)16-14(17-13)10-3-5-11(15)6-4-10;14-10-7-5-9(6-8-10)13-15-11-3-1-2-4-12(11)16-13/h2-24H,1H3;2-8H,15H2,1H3;1-8H. The Labute approximate surface area is 481 Å². The Morgan fingerprint density at radius 2 is 0.700 bits per heavy atom. The highest BCUT2D eigenvalue weighted by molar-refractivity contribution is 9.10. The Balaban J connectivity index is 0.000000148. The molecule has 0 amide bonds. The third kappa shape index (κ3) is 10.7. The van der Waals surface area contributed by atoms with E-state index in [2.05, 4.69) is 171 Å². The molecule has 0 unspecified atom stereocenters. The van der Waals surface area contributed by atoms with Crippen LogP contribution in [0.4, 0.5) is 22.7 Å². The van der Waals surface area contributed by atoms with Crippen molar-refractivity contribution < 1.29 is 8.83 Å². The van der Waals surface area contributed by atoms with E-state index in [9.17, 15) is 0 Å². The molecule has 0 saturated heterocycles. The molecular formula is C67H46BrN7O2S3. The van der Waals surface area contributed by atoms with Crippen LogP contribution in [0.1, 0.15) is 11.1 Å². The van der Waals surface area contributed by atoms with Crippen LogP contribution in [0.5, 0.6) is 0 Å². The SMILES string of the molecule is Brc1ccc(-c2nc3ccccc3s2)cc1.Cc1ccc2oc(-c3ccc(N(c4ccc(-c5nc6ccccc6s5)cc4)c4ccc(-c5nc6ccccc6s5)cc4)cc3)nc2c1.Cc1ccc2oc(-c3ccc(N)cc3)nc2c1. The topological polar surface area (TPSA) is 120 Å². The lowest BCUT2D eigenvalue weighted by molar-refractivity contribution is 0.619. The van der Waals surface area contributed by atoms with Crippen LogP contribution in [0.2, 0.25) is 0 Å². The van der Waals surface area contributed by atoms with E-state index in [1.165, 1.54) is 25.2 Å². The molecule has 15 aromatic rings. The Hall–Kier alpha value is -9.11. The molecule has 0 spiro atoms. The first-order valence-corrected chi connectivity index (χ1v) is 29.0. The number of nitrogens with two attached hydrogens (primary N) is 1. The summed E-state index contributed by atoms with van der Waals surface area (Å²) in [7, 11) is 0. The normalized spacial score (nSPS) is 11.2. The molecule has 0 aliphatic rings. The molecule has 10 aromatic carbocycles. The molecule has 0 radical (unpaired) electrons. The van der Waals surface area contributed by atoms with Gasteiger partial charge in [-0.25, -0.2) is 24.9 Å². The number of hydrogen-bond donors (Lipinski definition) is 1. The highest BCUT2D eigenvalue weighted by atomic mass is 79.9. The Kier molecular flexibility index (Phi) is 13.8. The smallest absolute Gasteiger partial charge is 0.227 e. The zero-order valence-corrected chi connectivity index (χ0v) is 47.2. The average molecular weight is 1160 g/mol. The second kappa shape index (κ2) is 22.0. The van der Waals surface area contributed by atoms with Gasteiger partial charge in [0, 0.05) is 55.0 Å². The van der Waals surface area contributed by atoms with E-state index in [4.69, 9.17) is 29.5 Å². The summed E-state index contributed by atoms with van der Waals surface area (Å²) in [6.07, 6.45) is 0. The van der Waals surface area contributed by atoms with Gasteiger partial charge in [0.15, 0.2) is 11.2 Å². The first kappa shape index (κ1) is 50.4. The number of fused-ring (bicyclic) bond motifs is 5. The molecule has 9 nitrogen and oxygen atoms in total. The summed E-state index contributed by atoms with van der Waals surface area (Å²) < 4.78 is 16.5. The zero-order chi connectivity index (χ0) is 54.1. The molecule has 0 aliphatic carbocycles. The van der Waals surface area contributed by atoms with Crippen molar-refractivity contribution in [3.63, 3.8) is 0 Å². The van der Waals surface area contributed by atoms with Crippen LogP contribution in [-0.4, -0.2) is 24.9 Å². The van der Waals surface area contributed by atoms with Crippen LogP contribution in [0.25, 0.3) is 107 Å². The number of halogens is 1. The summed E-state index contributed by atoms with van der Waals surface area (Å²) in [5.74, 6) is 1.25. The van der Waals surface area contributed by atoms with Crippen molar-refractivity contribution in [2.75, 3.05) is 10.6 Å². The first-order chi connectivity index (χ1) is 39.2. The molecular weight excluding hydrogens is 1110 g/mol. The molecule has 5 heterocycles. The highest BCUT2D eigenvalue weighted by Gasteiger charge is 2.17. The van der Waals surface area contributed by atoms with Crippen molar-refractivity contribution in [2.45, 2.75) is 13.8 Å². The minimum absolute atomic E-state index is 0.615. The van der Waals surface area contributed by atoms with Crippen LogP contribution in [0, 0.1) is 13.8 Å². The van der Waals surface area contributed by atoms with Gasteiger partial charge in [-0.3, -0.25) is 0 Å². The van der Waals surface area contributed by atoms with Gasteiger partial charge in [-0.15, -0.1) is 34.0 Å². The van der Waals surface area contributed by atoms with Crippen molar-refractivity contribution in [2.24, 2.45) is 0 Å². The fourth-order valence-electron chi connectivity index (χ4n) is 9.23. The fraction of sp³-hybridized carbons (Fsp3) is 0.0299. The summed E-state index contributed by atoms with van der Waals surface area (Å²) in [6, 6.07) is 78.3. The highest BCUT2D eigenvalue weighted by Crippen LogP contribution is 2.40. The van der Waals surface area contributed by atoms with E-state index >= 15 is 0 Å². The van der Waals surface area contributed by atoms with Gasteiger partial charge in [0.25, 0.3) is 0 Å². The Morgan fingerprint density at radius 1 is 0.362 bits per heavy atom. The molecule has 0 fully saturated rings. The largest absolute Gasteiger partial charge is 0.436 e. The fourth-order valence-corrected chi connectivity index (χ4v) is 12.4. The van der Waals surface area contributed by atoms with Crippen LogP contribution >= 0.6 is 49.9 Å². The summed E-state index contributed by atoms with van der Waals surface area (Å²) in [4.78, 5) is 25.8. The molecule has 15 rings (SSSR count). The average Bonchev–Trinajstić information content (AvgIpc) is 4.36. The van der Waals surface area contributed by atoms with Gasteiger partial charge in [0.1, 0.15) is 26.1 Å². The van der Waals surface area contributed by atoms with Gasteiger partial charge in [-0.2, -0.15) is 0 Å². The minimum atomic E-state index is 0.615. The van der Waals surface area contributed by atoms with Crippen LogP contribution in [-0.2, 0) is 0 Å². The van der Waals surface area contributed by atoms with Gasteiger partial charge >= 0.3 is 0 Å².